The molecule has 1 N–H and O–H groups in total. The fourth-order valence-corrected chi connectivity index (χ4v) is 2.72. The fraction of sp³-hybridized carbons (Fsp3) is 0.200. The average Bonchev–Trinajstić information content (AvgIpc) is 2.79. The van der Waals surface area contributed by atoms with E-state index in [2.05, 4.69) is 15.2 Å². The van der Waals surface area contributed by atoms with Crippen LogP contribution in [0.1, 0.15) is 22.5 Å². The van der Waals surface area contributed by atoms with Gasteiger partial charge in [-0.3, -0.25) is 10.1 Å². The molecule has 1 aromatic carbocycles. The Kier molecular flexibility index (Phi) is 3.54. The number of hydrogen-bond donors (Lipinski definition) is 1. The van der Waals surface area contributed by atoms with Gasteiger partial charge in [-0.25, -0.2) is 0 Å². The number of aromatic nitrogens is 3. The van der Waals surface area contributed by atoms with E-state index < -0.39 is 4.92 Å². The fourth-order valence-electron chi connectivity index (χ4n) is 2.54. The number of halogens is 1. The second-order valence-electron chi connectivity index (χ2n) is 5.17. The summed E-state index contributed by atoms with van der Waals surface area (Å²) in [5.74, 6) is 0. The number of nitro groups is 1. The van der Waals surface area contributed by atoms with Gasteiger partial charge in [-0.1, -0.05) is 23.7 Å². The molecule has 0 bridgehead atoms. The van der Waals surface area contributed by atoms with Crippen LogP contribution in [0, 0.1) is 24.0 Å². The number of H-pyrrole nitrogens is 1. The maximum atomic E-state index is 10.9. The Balaban J connectivity index is 2.10. The summed E-state index contributed by atoms with van der Waals surface area (Å²) >= 11 is 6.09. The molecule has 22 heavy (non-hydrogen) atoms. The molecule has 0 atom stereocenters. The molecule has 0 amide bonds. The summed E-state index contributed by atoms with van der Waals surface area (Å²) < 4.78 is 0. The lowest BCUT2D eigenvalue weighted by atomic mass is 10.0. The van der Waals surface area contributed by atoms with Crippen molar-refractivity contribution in [2.45, 2.75) is 20.3 Å². The number of benzene rings is 1. The zero-order chi connectivity index (χ0) is 15.9. The Labute approximate surface area is 131 Å². The molecule has 6 nitrogen and oxygen atoms in total. The number of nitrogens with one attached hydrogen (secondary N) is 1. The van der Waals surface area contributed by atoms with Gasteiger partial charge in [-0.15, -0.1) is 5.10 Å². The average molecular weight is 317 g/mol. The zero-order valence-corrected chi connectivity index (χ0v) is 12.8. The molecule has 7 heteroatoms. The lowest BCUT2D eigenvalue weighted by molar-refractivity contribution is -0.384. The van der Waals surface area contributed by atoms with Gasteiger partial charge in [-0.2, -0.15) is 5.10 Å². The second-order valence-corrected chi connectivity index (χ2v) is 5.52. The molecule has 0 aliphatic rings. The van der Waals surface area contributed by atoms with E-state index >= 15 is 0 Å². The first-order chi connectivity index (χ1) is 10.5. The normalized spacial score (nSPS) is 11.0. The van der Waals surface area contributed by atoms with Gasteiger partial charge in [0.25, 0.3) is 5.69 Å². The van der Waals surface area contributed by atoms with Crippen LogP contribution in [-0.4, -0.2) is 20.1 Å². The lowest BCUT2D eigenvalue weighted by Gasteiger charge is -2.04. The number of hydrogen-bond acceptors (Lipinski definition) is 4. The molecule has 0 unspecified atom stereocenters. The van der Waals surface area contributed by atoms with Crippen molar-refractivity contribution in [3.63, 3.8) is 0 Å². The van der Waals surface area contributed by atoms with Crippen LogP contribution in [0.2, 0.25) is 5.15 Å². The summed E-state index contributed by atoms with van der Waals surface area (Å²) in [5.41, 5.74) is 4.45. The third-order valence-corrected chi connectivity index (χ3v) is 4.01. The van der Waals surface area contributed by atoms with Crippen LogP contribution >= 0.6 is 11.6 Å². The lowest BCUT2D eigenvalue weighted by Crippen LogP contribution is -1.98. The Bertz CT molecular complexity index is 889. The van der Waals surface area contributed by atoms with E-state index in [1.54, 1.807) is 12.1 Å². The van der Waals surface area contributed by atoms with Crippen LogP contribution < -0.4 is 0 Å². The van der Waals surface area contributed by atoms with Gasteiger partial charge >= 0.3 is 0 Å². The SMILES string of the molecule is Cc1[nH]c2c(Cl)nnc(Cc3cccc([N+](=O)[O-])c3)c2c1C. The Morgan fingerprint density at radius 2 is 2.09 bits per heavy atom. The molecule has 0 fully saturated rings. The van der Waals surface area contributed by atoms with E-state index in [1.807, 2.05) is 19.9 Å². The Morgan fingerprint density at radius 1 is 1.32 bits per heavy atom. The smallest absolute Gasteiger partial charge is 0.269 e. The van der Waals surface area contributed by atoms with Crippen molar-refractivity contribution in [2.24, 2.45) is 0 Å². The Morgan fingerprint density at radius 3 is 2.82 bits per heavy atom. The number of fused-ring (bicyclic) bond motifs is 1. The highest BCUT2D eigenvalue weighted by Gasteiger charge is 2.15. The van der Waals surface area contributed by atoms with Crippen LogP contribution in [0.3, 0.4) is 0 Å². The van der Waals surface area contributed by atoms with Crippen molar-refractivity contribution in [1.29, 1.82) is 0 Å². The minimum atomic E-state index is -0.404. The van der Waals surface area contributed by atoms with Crippen LogP contribution in [0.15, 0.2) is 24.3 Å². The van der Waals surface area contributed by atoms with Gasteiger partial charge in [0.05, 0.1) is 16.1 Å². The van der Waals surface area contributed by atoms with E-state index in [9.17, 15) is 10.1 Å². The van der Waals surface area contributed by atoms with Crippen LogP contribution in [0.5, 0.6) is 0 Å². The number of nitrogens with zero attached hydrogens (tertiary/aromatic N) is 3. The van der Waals surface area contributed by atoms with E-state index in [4.69, 9.17) is 11.6 Å². The second kappa shape index (κ2) is 5.38. The molecule has 0 aliphatic carbocycles. The first-order valence-corrected chi connectivity index (χ1v) is 7.08. The predicted octanol–water partition coefficient (Wildman–Crippen LogP) is 3.73. The Hall–Kier alpha value is -2.47. The number of rotatable bonds is 3. The number of aromatic amines is 1. The molecular weight excluding hydrogens is 304 g/mol. The van der Waals surface area contributed by atoms with Crippen molar-refractivity contribution in [3.05, 3.63) is 62.0 Å². The van der Waals surface area contributed by atoms with Crippen molar-refractivity contribution in [1.82, 2.24) is 15.2 Å². The molecule has 112 valence electrons. The number of aryl methyl sites for hydroxylation is 2. The third-order valence-electron chi connectivity index (χ3n) is 3.75. The highest BCUT2D eigenvalue weighted by atomic mass is 35.5. The van der Waals surface area contributed by atoms with E-state index in [1.165, 1.54) is 6.07 Å². The summed E-state index contributed by atoms with van der Waals surface area (Å²) in [6, 6.07) is 6.53. The largest absolute Gasteiger partial charge is 0.356 e. The standard InChI is InChI=1S/C15H13ClN4O2/c1-8-9(2)17-14-13(8)12(18-19-15(14)16)7-10-4-3-5-11(6-10)20(21)22/h3-6,17H,7H2,1-2H3. The topological polar surface area (TPSA) is 84.7 Å². The van der Waals surface area contributed by atoms with E-state index in [-0.39, 0.29) is 5.69 Å². The summed E-state index contributed by atoms with van der Waals surface area (Å²) in [5, 5.41) is 20.3. The molecular formula is C15H13ClN4O2. The van der Waals surface area contributed by atoms with Crippen LogP contribution in [0.4, 0.5) is 5.69 Å². The van der Waals surface area contributed by atoms with Crippen molar-refractivity contribution in [3.8, 4) is 0 Å². The van der Waals surface area contributed by atoms with Gasteiger partial charge in [-0.05, 0) is 25.0 Å². The van der Waals surface area contributed by atoms with Crippen LogP contribution in [-0.2, 0) is 6.42 Å². The van der Waals surface area contributed by atoms with Gasteiger partial charge in [0.15, 0.2) is 5.15 Å². The van der Waals surface area contributed by atoms with Gasteiger partial charge in [0.1, 0.15) is 0 Å². The molecule has 2 heterocycles. The van der Waals surface area contributed by atoms with Gasteiger partial charge < -0.3 is 4.98 Å². The molecule has 0 radical (unpaired) electrons. The number of nitro benzene ring substituents is 1. The summed E-state index contributed by atoms with van der Waals surface area (Å²) in [6.45, 7) is 3.95. The summed E-state index contributed by atoms with van der Waals surface area (Å²) in [4.78, 5) is 13.7. The molecule has 2 aromatic heterocycles. The summed E-state index contributed by atoms with van der Waals surface area (Å²) in [7, 11) is 0. The van der Waals surface area contributed by atoms with Crippen molar-refractivity contribution < 1.29 is 4.92 Å². The molecule has 0 aliphatic heterocycles. The predicted molar refractivity (Wildman–Crippen MR) is 84.3 cm³/mol. The first kappa shape index (κ1) is 14.5. The monoisotopic (exact) mass is 316 g/mol. The maximum absolute atomic E-state index is 10.9. The van der Waals surface area contributed by atoms with Crippen molar-refractivity contribution >= 4 is 28.2 Å². The molecule has 3 aromatic rings. The quantitative estimate of drug-likeness (QED) is 0.589. The number of non-ortho nitro benzene ring substituents is 1. The van der Waals surface area contributed by atoms with Gasteiger partial charge in [0.2, 0.25) is 0 Å². The molecule has 0 spiro atoms. The van der Waals surface area contributed by atoms with Crippen molar-refractivity contribution in [2.75, 3.05) is 0 Å². The van der Waals surface area contributed by atoms with E-state index in [0.29, 0.717) is 11.6 Å². The minimum Gasteiger partial charge on any atom is -0.356 e. The molecule has 0 saturated carbocycles. The van der Waals surface area contributed by atoms with Crippen LogP contribution in [0.25, 0.3) is 10.9 Å². The minimum absolute atomic E-state index is 0.0673. The summed E-state index contributed by atoms with van der Waals surface area (Å²) in [6.07, 6.45) is 0.459. The zero-order valence-electron chi connectivity index (χ0n) is 12.1. The third kappa shape index (κ3) is 2.42. The highest BCUT2D eigenvalue weighted by molar-refractivity contribution is 6.33. The highest BCUT2D eigenvalue weighted by Crippen LogP contribution is 2.29. The molecule has 0 saturated heterocycles. The molecule has 3 rings (SSSR count). The first-order valence-electron chi connectivity index (χ1n) is 6.70. The van der Waals surface area contributed by atoms with Gasteiger partial charge in [0, 0.05) is 29.6 Å². The maximum Gasteiger partial charge on any atom is 0.269 e. The van der Waals surface area contributed by atoms with E-state index in [0.717, 1.165) is 33.4 Å².